The average Bonchev–Trinajstić information content (AvgIpc) is 2.68. The molecule has 2 aromatic carbocycles. The van der Waals surface area contributed by atoms with Crippen molar-refractivity contribution in [2.24, 2.45) is 0 Å². The first-order chi connectivity index (χ1) is 13.5. The molecular formula is C22H19N3O3. The number of aromatic nitrogens is 3. The van der Waals surface area contributed by atoms with Crippen molar-refractivity contribution in [2.75, 3.05) is 7.11 Å². The normalized spacial score (nSPS) is 11.0. The second-order valence-electron chi connectivity index (χ2n) is 6.75. The highest BCUT2D eigenvalue weighted by atomic mass is 16.5. The third kappa shape index (κ3) is 2.99. The first-order valence-corrected chi connectivity index (χ1v) is 8.84. The fraction of sp³-hybridized carbons (Fsp3) is 0.136. The molecule has 0 radical (unpaired) electrons. The number of methoxy groups -OCH3 is 1. The predicted octanol–water partition coefficient (Wildman–Crippen LogP) is 3.57. The molecule has 0 saturated carbocycles. The van der Waals surface area contributed by atoms with E-state index in [0.717, 1.165) is 22.1 Å². The summed E-state index contributed by atoms with van der Waals surface area (Å²) in [5.41, 5.74) is 4.69. The Morgan fingerprint density at radius 3 is 2.39 bits per heavy atom. The Labute approximate surface area is 160 Å². The number of hydrogen-bond donors (Lipinski definition) is 2. The van der Waals surface area contributed by atoms with Crippen molar-refractivity contribution >= 4 is 10.9 Å². The number of aromatic amines is 2. The molecule has 2 aromatic heterocycles. The van der Waals surface area contributed by atoms with Crippen LogP contribution < -0.4 is 16.0 Å². The minimum Gasteiger partial charge on any atom is -0.496 e. The fourth-order valence-electron chi connectivity index (χ4n) is 3.41. The predicted molar refractivity (Wildman–Crippen MR) is 110 cm³/mol. The summed E-state index contributed by atoms with van der Waals surface area (Å²) in [6.45, 7) is 3.96. The lowest BCUT2D eigenvalue weighted by molar-refractivity contribution is 0.417. The summed E-state index contributed by atoms with van der Waals surface area (Å²) in [6, 6.07) is 12.1. The molecular weight excluding hydrogens is 354 g/mol. The van der Waals surface area contributed by atoms with Gasteiger partial charge in [0.15, 0.2) is 0 Å². The van der Waals surface area contributed by atoms with E-state index in [2.05, 4.69) is 27.1 Å². The molecule has 0 aliphatic heterocycles. The van der Waals surface area contributed by atoms with Crippen molar-refractivity contribution in [1.29, 1.82) is 0 Å². The summed E-state index contributed by atoms with van der Waals surface area (Å²) in [7, 11) is 1.62. The average molecular weight is 373 g/mol. The third-order valence-electron chi connectivity index (χ3n) is 4.80. The summed E-state index contributed by atoms with van der Waals surface area (Å²) in [6.07, 6.45) is 3.20. The van der Waals surface area contributed by atoms with Gasteiger partial charge in [0.2, 0.25) is 0 Å². The van der Waals surface area contributed by atoms with Crippen molar-refractivity contribution in [3.05, 3.63) is 80.8 Å². The molecule has 4 aromatic rings. The first-order valence-electron chi connectivity index (χ1n) is 8.84. The van der Waals surface area contributed by atoms with Gasteiger partial charge in [-0.2, -0.15) is 0 Å². The van der Waals surface area contributed by atoms with Crippen molar-refractivity contribution in [1.82, 2.24) is 15.0 Å². The van der Waals surface area contributed by atoms with Crippen molar-refractivity contribution < 1.29 is 4.74 Å². The zero-order valence-corrected chi connectivity index (χ0v) is 15.8. The minimum atomic E-state index is -0.544. The Morgan fingerprint density at radius 2 is 1.71 bits per heavy atom. The smallest absolute Gasteiger partial charge is 0.325 e. The minimum absolute atomic E-state index is 0.353. The van der Waals surface area contributed by atoms with Crippen LogP contribution >= 0.6 is 0 Å². The molecule has 0 spiro atoms. The van der Waals surface area contributed by atoms with Gasteiger partial charge in [0.1, 0.15) is 5.75 Å². The molecule has 6 heteroatoms. The lowest BCUT2D eigenvalue weighted by atomic mass is 9.97. The summed E-state index contributed by atoms with van der Waals surface area (Å²) >= 11 is 0. The molecule has 2 N–H and O–H groups in total. The van der Waals surface area contributed by atoms with Gasteiger partial charge in [-0.3, -0.25) is 14.8 Å². The van der Waals surface area contributed by atoms with Gasteiger partial charge in [-0.1, -0.05) is 29.8 Å². The first kappa shape index (κ1) is 17.7. The summed E-state index contributed by atoms with van der Waals surface area (Å²) < 4.78 is 5.62. The number of aryl methyl sites for hydroxylation is 2. The number of benzene rings is 2. The van der Waals surface area contributed by atoms with E-state index in [1.54, 1.807) is 13.3 Å². The second-order valence-corrected chi connectivity index (χ2v) is 6.75. The molecule has 0 atom stereocenters. The number of rotatable bonds is 3. The lowest BCUT2D eigenvalue weighted by Gasteiger charge is -2.14. The number of fused-ring (bicyclic) bond motifs is 1. The van der Waals surface area contributed by atoms with Gasteiger partial charge in [0.05, 0.1) is 18.2 Å². The maximum absolute atomic E-state index is 12.3. The zero-order chi connectivity index (χ0) is 19.8. The Hall–Kier alpha value is -3.67. The third-order valence-corrected chi connectivity index (χ3v) is 4.80. The SMILES string of the molecule is COc1c(C)cc(-c2c[nH]c(=O)[nH]c2=O)c2ncc(-c3ccc(C)cc3)cc12. The molecule has 0 saturated heterocycles. The maximum atomic E-state index is 12.3. The van der Waals surface area contributed by atoms with Crippen LogP contribution in [0.5, 0.6) is 5.75 Å². The number of ether oxygens (including phenoxy) is 1. The monoisotopic (exact) mass is 373 g/mol. The maximum Gasteiger partial charge on any atom is 0.325 e. The number of nitrogens with one attached hydrogen (secondary N) is 2. The van der Waals surface area contributed by atoms with Gasteiger partial charge < -0.3 is 9.72 Å². The Kier molecular flexibility index (Phi) is 4.31. The number of H-pyrrole nitrogens is 2. The quantitative estimate of drug-likeness (QED) is 0.575. The molecule has 0 bridgehead atoms. The topological polar surface area (TPSA) is 87.8 Å². The molecule has 0 aliphatic carbocycles. The van der Waals surface area contributed by atoms with E-state index in [1.165, 1.54) is 11.8 Å². The largest absolute Gasteiger partial charge is 0.496 e. The van der Waals surface area contributed by atoms with Gasteiger partial charge in [-0.15, -0.1) is 0 Å². The molecule has 4 rings (SSSR count). The van der Waals surface area contributed by atoms with Crippen LogP contribution in [0.2, 0.25) is 0 Å². The van der Waals surface area contributed by atoms with E-state index in [9.17, 15) is 9.59 Å². The number of pyridine rings is 1. The van der Waals surface area contributed by atoms with E-state index < -0.39 is 11.2 Å². The number of nitrogens with zero attached hydrogens (tertiary/aromatic N) is 1. The van der Waals surface area contributed by atoms with Gasteiger partial charge >= 0.3 is 5.69 Å². The highest BCUT2D eigenvalue weighted by molar-refractivity contribution is 5.99. The van der Waals surface area contributed by atoms with Crippen LogP contribution in [0, 0.1) is 13.8 Å². The summed E-state index contributed by atoms with van der Waals surface area (Å²) in [4.78, 5) is 33.2. The van der Waals surface area contributed by atoms with Crippen LogP contribution in [0.25, 0.3) is 33.2 Å². The van der Waals surface area contributed by atoms with Crippen LogP contribution in [0.15, 0.2) is 58.4 Å². The highest BCUT2D eigenvalue weighted by Crippen LogP contribution is 2.37. The van der Waals surface area contributed by atoms with Crippen molar-refractivity contribution in [3.8, 4) is 28.0 Å². The molecule has 28 heavy (non-hydrogen) atoms. The van der Waals surface area contributed by atoms with Crippen LogP contribution in [0.4, 0.5) is 0 Å². The second kappa shape index (κ2) is 6.81. The van der Waals surface area contributed by atoms with Crippen LogP contribution in [-0.2, 0) is 0 Å². The Morgan fingerprint density at radius 1 is 0.964 bits per heavy atom. The molecule has 0 aliphatic rings. The zero-order valence-electron chi connectivity index (χ0n) is 15.8. The van der Waals surface area contributed by atoms with E-state index >= 15 is 0 Å². The van der Waals surface area contributed by atoms with Crippen molar-refractivity contribution in [3.63, 3.8) is 0 Å². The van der Waals surface area contributed by atoms with Crippen LogP contribution in [-0.4, -0.2) is 22.1 Å². The van der Waals surface area contributed by atoms with E-state index in [1.807, 2.05) is 38.1 Å². The molecule has 140 valence electrons. The number of hydrogen-bond acceptors (Lipinski definition) is 4. The van der Waals surface area contributed by atoms with Crippen LogP contribution in [0.3, 0.4) is 0 Å². The van der Waals surface area contributed by atoms with Gasteiger partial charge in [-0.05, 0) is 37.1 Å². The molecule has 2 heterocycles. The van der Waals surface area contributed by atoms with Gasteiger partial charge in [-0.25, -0.2) is 4.79 Å². The fourth-order valence-corrected chi connectivity index (χ4v) is 3.41. The Balaban J connectivity index is 2.02. The molecule has 0 fully saturated rings. The van der Waals surface area contributed by atoms with Gasteiger partial charge in [0.25, 0.3) is 5.56 Å². The van der Waals surface area contributed by atoms with Crippen molar-refractivity contribution in [2.45, 2.75) is 13.8 Å². The van der Waals surface area contributed by atoms with Gasteiger partial charge in [0, 0.05) is 28.9 Å². The lowest BCUT2D eigenvalue weighted by Crippen LogP contribution is -2.22. The summed E-state index contributed by atoms with van der Waals surface area (Å²) in [5, 5.41) is 0.807. The van der Waals surface area contributed by atoms with Crippen LogP contribution in [0.1, 0.15) is 11.1 Å². The molecule has 0 amide bonds. The summed E-state index contributed by atoms with van der Waals surface area (Å²) in [5.74, 6) is 0.709. The van der Waals surface area contributed by atoms with E-state index in [4.69, 9.17) is 4.74 Å². The highest BCUT2D eigenvalue weighted by Gasteiger charge is 2.16. The van der Waals surface area contributed by atoms with E-state index in [0.29, 0.717) is 22.4 Å². The standard InChI is InChI=1S/C22H19N3O3/c1-12-4-6-14(7-5-12)15-9-17-19(23-10-15)16(8-13(2)20(17)28-3)18-11-24-22(27)25-21(18)26/h4-11H,1-3H3,(H2,24,25,26,27). The molecule has 6 nitrogen and oxygen atoms in total. The van der Waals surface area contributed by atoms with E-state index in [-0.39, 0.29) is 0 Å². The molecule has 0 unspecified atom stereocenters. The Bertz CT molecular complexity index is 1300.